The molecule has 0 radical (unpaired) electrons. The summed E-state index contributed by atoms with van der Waals surface area (Å²) in [7, 11) is 1.71. The van der Waals surface area contributed by atoms with Crippen molar-refractivity contribution in [1.82, 2.24) is 4.90 Å². The van der Waals surface area contributed by atoms with Crippen LogP contribution in [0.5, 0.6) is 0 Å². The molecule has 1 fully saturated rings. The number of nitrogens with zero attached hydrogens (tertiary/aromatic N) is 1. The molecule has 0 bridgehead atoms. The summed E-state index contributed by atoms with van der Waals surface area (Å²) < 4.78 is 0. The molecule has 1 amide bonds. The summed E-state index contributed by atoms with van der Waals surface area (Å²) in [6.07, 6.45) is 0.827. The second-order valence-electron chi connectivity index (χ2n) is 2.47. The van der Waals surface area contributed by atoms with Gasteiger partial charge >= 0.3 is 0 Å². The Morgan fingerprint density at radius 1 is 1.78 bits per heavy atom. The van der Waals surface area contributed by atoms with Gasteiger partial charge in [0.2, 0.25) is 5.91 Å². The predicted molar refractivity (Wildman–Crippen MR) is 32.9 cm³/mol. The average molecular weight is 129 g/mol. The first-order chi connectivity index (χ1) is 4.20. The predicted octanol–water partition coefficient (Wildman–Crippen LogP) is -0.401. The van der Waals surface area contributed by atoms with E-state index in [0.717, 1.165) is 0 Å². The van der Waals surface area contributed by atoms with Crippen LogP contribution in [0.1, 0.15) is 12.8 Å². The van der Waals surface area contributed by atoms with Crippen molar-refractivity contribution in [1.29, 1.82) is 0 Å². The lowest BCUT2D eigenvalue weighted by Crippen LogP contribution is -2.39. The van der Waals surface area contributed by atoms with E-state index in [1.54, 1.807) is 11.9 Å². The van der Waals surface area contributed by atoms with Crippen molar-refractivity contribution in [2.24, 2.45) is 0 Å². The van der Waals surface area contributed by atoms with E-state index in [0.29, 0.717) is 19.4 Å². The van der Waals surface area contributed by atoms with E-state index in [1.165, 1.54) is 0 Å². The van der Waals surface area contributed by atoms with E-state index < -0.39 is 0 Å². The number of hydrogen-bond donors (Lipinski definition) is 1. The molecule has 1 heterocycles. The van der Waals surface area contributed by atoms with Crippen LogP contribution in [0.15, 0.2) is 0 Å². The number of aliphatic hydroxyl groups is 1. The van der Waals surface area contributed by atoms with Crippen LogP contribution in [0.3, 0.4) is 0 Å². The van der Waals surface area contributed by atoms with E-state index in [-0.39, 0.29) is 12.0 Å². The standard InChI is InChI=1S/C6H11NO2/c1-7-4-5(8)2-3-6(7)9/h5,8H,2-4H2,1H3. The highest BCUT2D eigenvalue weighted by molar-refractivity contribution is 5.76. The molecule has 0 aromatic carbocycles. The molecule has 9 heavy (non-hydrogen) atoms. The molecule has 1 N–H and O–H groups in total. The van der Waals surface area contributed by atoms with Crippen molar-refractivity contribution >= 4 is 5.91 Å². The number of carbonyl (C=O) groups excluding carboxylic acids is 1. The molecule has 1 saturated heterocycles. The van der Waals surface area contributed by atoms with Crippen molar-refractivity contribution in [2.45, 2.75) is 18.9 Å². The normalized spacial score (nSPS) is 28.9. The van der Waals surface area contributed by atoms with Gasteiger partial charge in [-0.3, -0.25) is 4.79 Å². The molecule has 0 aromatic rings. The Kier molecular flexibility index (Phi) is 1.71. The minimum atomic E-state index is -0.298. The maximum Gasteiger partial charge on any atom is 0.222 e. The average Bonchev–Trinajstić information content (AvgIpc) is 1.80. The van der Waals surface area contributed by atoms with Gasteiger partial charge in [-0.2, -0.15) is 0 Å². The van der Waals surface area contributed by atoms with Gasteiger partial charge in [0.05, 0.1) is 6.10 Å². The molecule has 0 aromatic heterocycles. The lowest BCUT2D eigenvalue weighted by molar-refractivity contribution is -0.134. The number of rotatable bonds is 0. The maximum absolute atomic E-state index is 10.8. The van der Waals surface area contributed by atoms with Gasteiger partial charge in [0, 0.05) is 20.0 Å². The maximum atomic E-state index is 10.8. The van der Waals surface area contributed by atoms with Crippen LogP contribution >= 0.6 is 0 Å². The summed E-state index contributed by atoms with van der Waals surface area (Å²) in [5.41, 5.74) is 0. The van der Waals surface area contributed by atoms with Crippen LogP contribution in [-0.2, 0) is 4.79 Å². The SMILES string of the molecule is CN1CC(O)CCC1=O. The molecule has 3 heteroatoms. The largest absolute Gasteiger partial charge is 0.391 e. The van der Waals surface area contributed by atoms with Gasteiger partial charge in [0.1, 0.15) is 0 Å². The first-order valence-corrected chi connectivity index (χ1v) is 3.12. The number of aliphatic hydroxyl groups excluding tert-OH is 1. The molecule has 0 aliphatic carbocycles. The second kappa shape index (κ2) is 2.35. The summed E-state index contributed by atoms with van der Waals surface area (Å²) in [4.78, 5) is 12.3. The van der Waals surface area contributed by atoms with Gasteiger partial charge in [-0.15, -0.1) is 0 Å². The lowest BCUT2D eigenvalue weighted by atomic mass is 10.1. The highest BCUT2D eigenvalue weighted by atomic mass is 16.3. The lowest BCUT2D eigenvalue weighted by Gasteiger charge is -2.25. The first kappa shape index (κ1) is 6.55. The number of amides is 1. The highest BCUT2D eigenvalue weighted by Crippen LogP contribution is 2.08. The van der Waals surface area contributed by atoms with E-state index in [4.69, 9.17) is 5.11 Å². The van der Waals surface area contributed by atoms with Crippen LogP contribution in [0.2, 0.25) is 0 Å². The smallest absolute Gasteiger partial charge is 0.222 e. The highest BCUT2D eigenvalue weighted by Gasteiger charge is 2.19. The Hall–Kier alpha value is -0.570. The molecule has 3 nitrogen and oxygen atoms in total. The molecular formula is C6H11NO2. The van der Waals surface area contributed by atoms with Gasteiger partial charge in [-0.05, 0) is 6.42 Å². The number of carbonyl (C=O) groups is 1. The van der Waals surface area contributed by atoms with Gasteiger partial charge in [-0.25, -0.2) is 0 Å². The quantitative estimate of drug-likeness (QED) is 0.483. The summed E-state index contributed by atoms with van der Waals surface area (Å²) in [5, 5.41) is 9.00. The van der Waals surface area contributed by atoms with Crippen molar-refractivity contribution in [3.8, 4) is 0 Å². The number of likely N-dealkylation sites (N-methyl/N-ethyl adjacent to an activating group) is 1. The Morgan fingerprint density at radius 2 is 2.44 bits per heavy atom. The zero-order valence-electron chi connectivity index (χ0n) is 5.50. The van der Waals surface area contributed by atoms with Crippen LogP contribution in [0.25, 0.3) is 0 Å². The Balaban J connectivity index is 2.44. The summed E-state index contributed by atoms with van der Waals surface area (Å²) in [5.74, 6) is 0.139. The molecule has 1 rings (SSSR count). The van der Waals surface area contributed by atoms with Crippen LogP contribution in [0, 0.1) is 0 Å². The van der Waals surface area contributed by atoms with Gasteiger partial charge in [0.25, 0.3) is 0 Å². The summed E-state index contributed by atoms with van der Waals surface area (Å²) in [6, 6.07) is 0. The second-order valence-corrected chi connectivity index (χ2v) is 2.47. The van der Waals surface area contributed by atoms with Crippen LogP contribution in [-0.4, -0.2) is 35.6 Å². The van der Waals surface area contributed by atoms with Gasteiger partial charge in [-0.1, -0.05) is 0 Å². The first-order valence-electron chi connectivity index (χ1n) is 3.12. The topological polar surface area (TPSA) is 40.5 Å². The van der Waals surface area contributed by atoms with Gasteiger partial charge < -0.3 is 10.0 Å². The third-order valence-corrected chi connectivity index (χ3v) is 1.60. The number of likely N-dealkylation sites (tertiary alicyclic amines) is 1. The third kappa shape index (κ3) is 1.42. The molecule has 1 aliphatic rings. The number of hydrogen-bond acceptors (Lipinski definition) is 2. The molecule has 0 spiro atoms. The van der Waals surface area contributed by atoms with Crippen molar-refractivity contribution in [3.63, 3.8) is 0 Å². The van der Waals surface area contributed by atoms with Crippen LogP contribution < -0.4 is 0 Å². The van der Waals surface area contributed by atoms with Crippen LogP contribution in [0.4, 0.5) is 0 Å². The molecule has 1 aliphatic heterocycles. The Labute approximate surface area is 54.3 Å². The molecular weight excluding hydrogens is 118 g/mol. The Morgan fingerprint density at radius 3 is 2.89 bits per heavy atom. The summed E-state index contributed by atoms with van der Waals surface area (Å²) >= 11 is 0. The van der Waals surface area contributed by atoms with E-state index in [1.807, 2.05) is 0 Å². The fourth-order valence-electron chi connectivity index (χ4n) is 0.990. The molecule has 1 unspecified atom stereocenters. The number of piperidine rings is 1. The fraction of sp³-hybridized carbons (Fsp3) is 0.833. The minimum absolute atomic E-state index is 0.139. The van der Waals surface area contributed by atoms with E-state index >= 15 is 0 Å². The van der Waals surface area contributed by atoms with Crippen molar-refractivity contribution < 1.29 is 9.90 Å². The zero-order valence-corrected chi connectivity index (χ0v) is 5.50. The number of β-amino-alcohol motifs (C(OH)–C–C–N with tert-alkyl or cyclic N) is 1. The monoisotopic (exact) mass is 129 g/mol. The van der Waals surface area contributed by atoms with Crippen molar-refractivity contribution in [3.05, 3.63) is 0 Å². The molecule has 1 atom stereocenters. The molecule has 52 valence electrons. The fourth-order valence-corrected chi connectivity index (χ4v) is 0.990. The third-order valence-electron chi connectivity index (χ3n) is 1.60. The van der Waals surface area contributed by atoms with Gasteiger partial charge in [0.15, 0.2) is 0 Å². The zero-order chi connectivity index (χ0) is 6.85. The van der Waals surface area contributed by atoms with E-state index in [2.05, 4.69) is 0 Å². The van der Waals surface area contributed by atoms with Crippen molar-refractivity contribution in [2.75, 3.05) is 13.6 Å². The minimum Gasteiger partial charge on any atom is -0.391 e. The molecule has 0 saturated carbocycles. The summed E-state index contributed by atoms with van der Waals surface area (Å²) in [6.45, 7) is 0.499. The Bertz CT molecular complexity index is 124. The van der Waals surface area contributed by atoms with E-state index in [9.17, 15) is 4.79 Å².